The summed E-state index contributed by atoms with van der Waals surface area (Å²) >= 11 is 0. The maximum atomic E-state index is 13.2. The summed E-state index contributed by atoms with van der Waals surface area (Å²) in [4.78, 5) is 35.9. The fourth-order valence-corrected chi connectivity index (χ4v) is 4.03. The zero-order chi connectivity index (χ0) is 20.4. The first kappa shape index (κ1) is 19.5. The van der Waals surface area contributed by atoms with Gasteiger partial charge in [0.15, 0.2) is 0 Å². The molecule has 1 saturated heterocycles. The summed E-state index contributed by atoms with van der Waals surface area (Å²) in [5.74, 6) is 0.779. The highest BCUT2D eigenvalue weighted by molar-refractivity contribution is 5.77. The van der Waals surface area contributed by atoms with Crippen LogP contribution in [0.4, 0.5) is 0 Å². The molecule has 1 aliphatic heterocycles. The quantitative estimate of drug-likeness (QED) is 0.629. The zero-order valence-corrected chi connectivity index (χ0v) is 16.7. The fraction of sp³-hybridized carbons (Fsp3) is 0.429. The Bertz CT molecular complexity index is 1140. The van der Waals surface area contributed by atoms with Gasteiger partial charge in [-0.25, -0.2) is 14.8 Å². The molecule has 0 aliphatic carbocycles. The topological polar surface area (TPSA) is 82.2 Å². The summed E-state index contributed by atoms with van der Waals surface area (Å²) in [6.45, 7) is 2.47. The summed E-state index contributed by atoms with van der Waals surface area (Å²) in [7, 11) is 3.33. The van der Waals surface area contributed by atoms with Gasteiger partial charge in [-0.3, -0.25) is 14.3 Å². The third kappa shape index (κ3) is 3.86. The van der Waals surface area contributed by atoms with E-state index < -0.39 is 0 Å². The number of aromatic nitrogens is 4. The van der Waals surface area contributed by atoms with Gasteiger partial charge in [-0.05, 0) is 31.5 Å². The molecule has 3 heterocycles. The lowest BCUT2D eigenvalue weighted by Crippen LogP contribution is -2.33. The molecule has 8 nitrogen and oxygen atoms in total. The molecule has 1 aromatic carbocycles. The average Bonchev–Trinajstić information content (AvgIpc) is 3.18. The minimum atomic E-state index is -0.267. The Morgan fingerprint density at radius 2 is 2.07 bits per heavy atom. The molecule has 152 valence electrons. The predicted molar refractivity (Wildman–Crippen MR) is 110 cm³/mol. The van der Waals surface area contributed by atoms with Crippen molar-refractivity contribution in [2.24, 2.45) is 7.05 Å². The van der Waals surface area contributed by atoms with E-state index >= 15 is 0 Å². The monoisotopic (exact) mass is 395 g/mol. The molecule has 0 bridgehead atoms. The predicted octanol–water partition coefficient (Wildman–Crippen LogP) is 1.47. The number of hydrogen-bond acceptors (Lipinski definition) is 6. The normalized spacial score (nSPS) is 17.2. The lowest BCUT2D eigenvalue weighted by atomic mass is 10.1. The van der Waals surface area contributed by atoms with Gasteiger partial charge in [-0.2, -0.15) is 0 Å². The van der Waals surface area contributed by atoms with Crippen molar-refractivity contribution in [3.05, 3.63) is 68.9 Å². The molecule has 1 atom stereocenters. The number of para-hydroxylation sites is 1. The van der Waals surface area contributed by atoms with Crippen LogP contribution in [-0.2, 0) is 24.9 Å². The number of ether oxygens (including phenoxy) is 1. The molecule has 1 unspecified atom stereocenters. The molecule has 0 amide bonds. The lowest BCUT2D eigenvalue weighted by molar-refractivity contribution is 0.178. The summed E-state index contributed by atoms with van der Waals surface area (Å²) in [6.07, 6.45) is 5.40. The highest BCUT2D eigenvalue weighted by atomic mass is 16.5. The van der Waals surface area contributed by atoms with Crippen LogP contribution in [0.2, 0.25) is 0 Å². The number of aryl methyl sites for hydroxylation is 1. The first-order valence-electron chi connectivity index (χ1n) is 9.82. The molecule has 0 saturated carbocycles. The summed E-state index contributed by atoms with van der Waals surface area (Å²) in [6, 6.07) is 7.50. The Balaban J connectivity index is 1.74. The number of methoxy groups -OCH3 is 1. The molecule has 0 radical (unpaired) electrons. The minimum Gasteiger partial charge on any atom is -0.383 e. The zero-order valence-electron chi connectivity index (χ0n) is 16.7. The van der Waals surface area contributed by atoms with Crippen LogP contribution < -0.4 is 11.2 Å². The van der Waals surface area contributed by atoms with Gasteiger partial charge in [-0.15, -0.1) is 0 Å². The van der Waals surface area contributed by atoms with Crippen LogP contribution in [0.25, 0.3) is 10.9 Å². The summed E-state index contributed by atoms with van der Waals surface area (Å²) < 4.78 is 8.48. The van der Waals surface area contributed by atoms with E-state index in [1.54, 1.807) is 24.9 Å². The number of rotatable bonds is 6. The first-order valence-corrected chi connectivity index (χ1v) is 9.82. The molecule has 4 rings (SSSR count). The molecule has 1 fully saturated rings. The average molecular weight is 395 g/mol. The smallest absolute Gasteiger partial charge is 0.347 e. The van der Waals surface area contributed by atoms with Crippen LogP contribution in [-0.4, -0.2) is 44.3 Å². The second-order valence-corrected chi connectivity index (χ2v) is 7.42. The van der Waals surface area contributed by atoms with Gasteiger partial charge < -0.3 is 9.30 Å². The van der Waals surface area contributed by atoms with Crippen LogP contribution in [0.1, 0.15) is 30.3 Å². The Morgan fingerprint density at radius 3 is 2.86 bits per heavy atom. The number of likely N-dealkylation sites (tertiary alicyclic amines) is 1. The Kier molecular flexibility index (Phi) is 5.55. The first-order chi connectivity index (χ1) is 14.1. The van der Waals surface area contributed by atoms with Gasteiger partial charge in [0.2, 0.25) is 0 Å². The Morgan fingerprint density at radius 1 is 1.24 bits per heavy atom. The van der Waals surface area contributed by atoms with E-state index in [0.29, 0.717) is 25.1 Å². The summed E-state index contributed by atoms with van der Waals surface area (Å²) in [5.41, 5.74) is 1.39. The molecule has 29 heavy (non-hydrogen) atoms. The highest BCUT2D eigenvalue weighted by Gasteiger charge is 2.30. The highest BCUT2D eigenvalue weighted by Crippen LogP contribution is 2.32. The third-order valence-corrected chi connectivity index (χ3v) is 5.46. The van der Waals surface area contributed by atoms with E-state index in [4.69, 9.17) is 9.72 Å². The lowest BCUT2D eigenvalue weighted by Gasteiger charge is -2.26. The van der Waals surface area contributed by atoms with Gasteiger partial charge in [0.05, 0.1) is 30.1 Å². The molecule has 8 heteroatoms. The van der Waals surface area contributed by atoms with Crippen LogP contribution in [0.15, 0.2) is 46.2 Å². The van der Waals surface area contributed by atoms with Gasteiger partial charge in [-0.1, -0.05) is 12.1 Å². The van der Waals surface area contributed by atoms with Crippen molar-refractivity contribution in [2.45, 2.75) is 32.0 Å². The molecule has 0 N–H and O–H groups in total. The fourth-order valence-electron chi connectivity index (χ4n) is 4.03. The Labute approximate surface area is 168 Å². The van der Waals surface area contributed by atoms with E-state index in [9.17, 15) is 9.59 Å². The van der Waals surface area contributed by atoms with Gasteiger partial charge in [0.1, 0.15) is 5.82 Å². The van der Waals surface area contributed by atoms with Crippen molar-refractivity contribution >= 4 is 10.9 Å². The van der Waals surface area contributed by atoms with Crippen LogP contribution >= 0.6 is 0 Å². The molecule has 2 aromatic heterocycles. The van der Waals surface area contributed by atoms with Crippen molar-refractivity contribution in [3.63, 3.8) is 0 Å². The van der Waals surface area contributed by atoms with E-state index in [0.717, 1.165) is 36.3 Å². The van der Waals surface area contributed by atoms with Gasteiger partial charge in [0.25, 0.3) is 5.56 Å². The maximum absolute atomic E-state index is 13.2. The summed E-state index contributed by atoms with van der Waals surface area (Å²) in [5, 5.41) is 0.624. The van der Waals surface area contributed by atoms with Crippen molar-refractivity contribution in [2.75, 3.05) is 20.3 Å². The standard InChI is InChI=1S/C21H25N5O3/c1-24-13-15(12-22-21(24)28)14-25-9-5-8-18(25)19-23-17-7-4-3-6-16(17)20(27)26(19)10-11-29-2/h3-4,6-7,12-13,18H,5,8-11,14H2,1-2H3. The number of benzene rings is 1. The van der Waals surface area contributed by atoms with Crippen LogP contribution in [0.3, 0.4) is 0 Å². The van der Waals surface area contributed by atoms with Gasteiger partial charge >= 0.3 is 5.69 Å². The third-order valence-electron chi connectivity index (χ3n) is 5.46. The largest absolute Gasteiger partial charge is 0.383 e. The second-order valence-electron chi connectivity index (χ2n) is 7.42. The van der Waals surface area contributed by atoms with Crippen LogP contribution in [0, 0.1) is 0 Å². The van der Waals surface area contributed by atoms with Crippen molar-refractivity contribution in [1.29, 1.82) is 0 Å². The Hall–Kier alpha value is -2.84. The van der Waals surface area contributed by atoms with Crippen molar-refractivity contribution in [1.82, 2.24) is 24.0 Å². The maximum Gasteiger partial charge on any atom is 0.347 e. The molecular weight excluding hydrogens is 370 g/mol. The molecule has 1 aliphatic rings. The van der Waals surface area contributed by atoms with Crippen LogP contribution in [0.5, 0.6) is 0 Å². The number of hydrogen-bond donors (Lipinski definition) is 0. The van der Waals surface area contributed by atoms with E-state index in [-0.39, 0.29) is 17.3 Å². The van der Waals surface area contributed by atoms with Gasteiger partial charge in [0, 0.05) is 38.7 Å². The van der Waals surface area contributed by atoms with Crippen molar-refractivity contribution in [3.8, 4) is 0 Å². The van der Waals surface area contributed by atoms with E-state index in [1.807, 2.05) is 30.5 Å². The SMILES string of the molecule is COCCn1c(C2CCCN2Cc2cnc(=O)n(C)c2)nc2ccccc2c1=O. The molecule has 0 spiro atoms. The second kappa shape index (κ2) is 8.26. The van der Waals surface area contributed by atoms with E-state index in [1.165, 1.54) is 4.57 Å². The van der Waals surface area contributed by atoms with Crippen molar-refractivity contribution < 1.29 is 4.74 Å². The molecule has 3 aromatic rings. The number of fused-ring (bicyclic) bond motifs is 1. The minimum absolute atomic E-state index is 0.0291. The molecular formula is C21H25N5O3. The van der Waals surface area contributed by atoms with E-state index in [2.05, 4.69) is 9.88 Å². The number of nitrogens with zero attached hydrogens (tertiary/aromatic N) is 5.